The second kappa shape index (κ2) is 7.15. The smallest absolute Gasteiger partial charge is 0.162 e. The highest BCUT2D eigenvalue weighted by Gasteiger charge is 2.31. The van der Waals surface area contributed by atoms with E-state index in [9.17, 15) is 8.28 Å². The van der Waals surface area contributed by atoms with Crippen LogP contribution in [-0.2, 0) is 0 Å². The van der Waals surface area contributed by atoms with Gasteiger partial charge in [0.05, 0.1) is 5.71 Å². The van der Waals surface area contributed by atoms with E-state index in [-0.39, 0.29) is 29.8 Å². The van der Waals surface area contributed by atoms with Crippen LogP contribution in [0.3, 0.4) is 0 Å². The molecule has 0 amide bonds. The number of halogens is 2. The lowest BCUT2D eigenvalue weighted by Crippen LogP contribution is -2.15. The van der Waals surface area contributed by atoms with E-state index in [1.54, 1.807) is 25.3 Å². The van der Waals surface area contributed by atoms with E-state index < -0.39 is 0 Å². The zero-order valence-corrected chi connectivity index (χ0v) is 15.5. The summed E-state index contributed by atoms with van der Waals surface area (Å²) in [6.45, 7) is 1.67. The van der Waals surface area contributed by atoms with Crippen molar-refractivity contribution in [1.29, 1.82) is 5.41 Å². The summed E-state index contributed by atoms with van der Waals surface area (Å²) < 4.78 is 31.4. The van der Waals surface area contributed by atoms with Crippen molar-refractivity contribution in [3.8, 4) is 0 Å². The third kappa shape index (κ3) is 3.47. The van der Waals surface area contributed by atoms with Crippen molar-refractivity contribution in [2.45, 2.75) is 19.8 Å². The fourth-order valence-corrected chi connectivity index (χ4v) is 3.55. The summed E-state index contributed by atoms with van der Waals surface area (Å²) in [5, 5.41) is 8.82. The average molecular weight is 384 g/mol. The van der Waals surface area contributed by atoms with E-state index >= 15 is 0 Å². The van der Waals surface area contributed by atoms with Crippen LogP contribution >= 0.6 is 12.3 Å². The summed E-state index contributed by atoms with van der Waals surface area (Å²) in [5.74, 6) is -0.111. The van der Waals surface area contributed by atoms with Crippen molar-refractivity contribution in [3.63, 3.8) is 0 Å². The molecule has 2 heterocycles. The topological polar surface area (TPSA) is 53.2 Å². The van der Waals surface area contributed by atoms with Crippen molar-refractivity contribution >= 4 is 29.3 Å². The van der Waals surface area contributed by atoms with Gasteiger partial charge in [-0.2, -0.15) is 0 Å². The van der Waals surface area contributed by atoms with Crippen LogP contribution < -0.4 is 4.72 Å². The fourth-order valence-electron chi connectivity index (χ4n) is 3.20. The molecule has 0 spiro atoms. The fraction of sp³-hybridized carbons (Fsp3) is 0.200. The quantitative estimate of drug-likeness (QED) is 0.460. The minimum Gasteiger partial charge on any atom is -0.306 e. The van der Waals surface area contributed by atoms with E-state index in [2.05, 4.69) is 9.71 Å². The number of aromatic nitrogens is 2. The van der Waals surface area contributed by atoms with Crippen molar-refractivity contribution in [3.05, 3.63) is 77.1 Å². The number of nitrogens with zero attached hydrogens (tertiary/aromatic N) is 2. The number of imidazole rings is 1. The van der Waals surface area contributed by atoms with Gasteiger partial charge in [-0.1, -0.05) is 0 Å². The van der Waals surface area contributed by atoms with E-state index in [0.717, 1.165) is 24.1 Å². The van der Waals surface area contributed by atoms with Gasteiger partial charge in [0.1, 0.15) is 11.5 Å². The lowest BCUT2D eigenvalue weighted by Gasteiger charge is -2.17. The lowest BCUT2D eigenvalue weighted by molar-refractivity contribution is 0.618. The van der Waals surface area contributed by atoms with Gasteiger partial charge < -0.3 is 9.12 Å². The third-order valence-corrected chi connectivity index (χ3v) is 5.07. The molecular formula is C20H18F2N4S. The molecule has 7 heteroatoms. The van der Waals surface area contributed by atoms with Crippen molar-refractivity contribution in [2.75, 3.05) is 0 Å². The van der Waals surface area contributed by atoms with E-state index in [1.807, 2.05) is 28.9 Å². The maximum atomic E-state index is 13.7. The van der Waals surface area contributed by atoms with Gasteiger partial charge in [0.15, 0.2) is 12.3 Å². The Morgan fingerprint density at radius 2 is 2.04 bits per heavy atom. The van der Waals surface area contributed by atoms with Gasteiger partial charge >= 0.3 is 0 Å². The first kappa shape index (κ1) is 17.7. The normalized spacial score (nSPS) is 14.9. The Bertz CT molecular complexity index is 1050. The van der Waals surface area contributed by atoms with Crippen LogP contribution in [0.2, 0.25) is 0 Å². The Balaban J connectivity index is 1.88. The molecule has 0 saturated heterocycles. The number of allylic oxidation sites excluding steroid dienone is 2. The monoisotopic (exact) mass is 384 g/mol. The minimum absolute atomic E-state index is 0.0409. The zero-order chi connectivity index (χ0) is 19.0. The molecule has 2 aromatic heterocycles. The highest BCUT2D eigenvalue weighted by Crippen LogP contribution is 2.40. The molecular weight excluding hydrogens is 366 g/mol. The average Bonchev–Trinajstić information content (AvgIpc) is 3.40. The third-order valence-electron chi connectivity index (χ3n) is 4.78. The van der Waals surface area contributed by atoms with Gasteiger partial charge in [0.25, 0.3) is 0 Å². The van der Waals surface area contributed by atoms with Crippen LogP contribution in [0, 0.1) is 24.1 Å². The van der Waals surface area contributed by atoms with Crippen LogP contribution in [0.4, 0.5) is 8.28 Å². The van der Waals surface area contributed by atoms with Crippen LogP contribution in [0.1, 0.15) is 29.5 Å². The molecule has 0 aliphatic heterocycles. The van der Waals surface area contributed by atoms with Crippen LogP contribution in [0.25, 0.3) is 11.2 Å². The maximum absolute atomic E-state index is 13.7. The standard InChI is InChI=1S/C20H18F2N4S/c1-12-10-14(4-6-16(12)21)19(23)18(20(25-27-22)13-2-3-13)15-5-7-17-24-8-9-26(17)11-15/h4-11,13,23,25H,2-3H2,1H3/b20-18-,23-19?. The summed E-state index contributed by atoms with van der Waals surface area (Å²) >= 11 is 0.0409. The molecule has 1 aromatic carbocycles. The predicted octanol–water partition coefficient (Wildman–Crippen LogP) is 5.09. The van der Waals surface area contributed by atoms with Crippen LogP contribution in [0.15, 0.2) is 54.6 Å². The van der Waals surface area contributed by atoms with Gasteiger partial charge in [-0.15, -0.1) is 3.89 Å². The number of rotatable bonds is 6. The summed E-state index contributed by atoms with van der Waals surface area (Å²) in [4.78, 5) is 4.24. The number of nitrogens with one attached hydrogen (secondary N) is 2. The van der Waals surface area contributed by atoms with Crippen molar-refractivity contribution in [2.24, 2.45) is 5.92 Å². The molecule has 138 valence electrons. The molecule has 4 rings (SSSR count). The predicted molar refractivity (Wildman–Crippen MR) is 105 cm³/mol. The highest BCUT2D eigenvalue weighted by molar-refractivity contribution is 7.92. The molecule has 1 fully saturated rings. The summed E-state index contributed by atoms with van der Waals surface area (Å²) in [6, 6.07) is 8.36. The molecule has 1 aliphatic carbocycles. The van der Waals surface area contributed by atoms with Gasteiger partial charge in [0.2, 0.25) is 0 Å². The maximum Gasteiger partial charge on any atom is 0.162 e. The summed E-state index contributed by atoms with van der Waals surface area (Å²) in [5.41, 5.74) is 4.22. The number of pyridine rings is 1. The number of aryl methyl sites for hydroxylation is 1. The second-order valence-corrected chi connectivity index (χ2v) is 7.05. The number of benzene rings is 1. The molecule has 0 bridgehead atoms. The highest BCUT2D eigenvalue weighted by atomic mass is 32.2. The van der Waals surface area contributed by atoms with E-state index in [1.165, 1.54) is 6.07 Å². The van der Waals surface area contributed by atoms with E-state index in [4.69, 9.17) is 5.41 Å². The number of hydrogen-bond acceptors (Lipinski definition) is 4. The summed E-state index contributed by atoms with van der Waals surface area (Å²) in [7, 11) is 0. The van der Waals surface area contributed by atoms with Gasteiger partial charge in [-0.25, -0.2) is 9.37 Å². The molecule has 4 nitrogen and oxygen atoms in total. The molecule has 0 radical (unpaired) electrons. The SMILES string of the molecule is Cc1cc(C(=N)/C(=C(\NSF)C2CC2)c2ccc3nccn3c2)ccc1F. The van der Waals surface area contributed by atoms with E-state index in [0.29, 0.717) is 22.4 Å². The number of hydrogen-bond donors (Lipinski definition) is 2. The van der Waals surface area contributed by atoms with Crippen LogP contribution in [-0.4, -0.2) is 15.1 Å². The molecule has 1 aliphatic rings. The first-order valence-corrected chi connectivity index (χ1v) is 9.36. The minimum atomic E-state index is -0.309. The molecule has 0 atom stereocenters. The Hall–Kier alpha value is -2.67. The first-order chi connectivity index (χ1) is 13.1. The summed E-state index contributed by atoms with van der Waals surface area (Å²) in [6.07, 6.45) is 7.32. The molecule has 1 saturated carbocycles. The number of fused-ring (bicyclic) bond motifs is 1. The molecule has 0 unspecified atom stereocenters. The Morgan fingerprint density at radius 1 is 1.26 bits per heavy atom. The van der Waals surface area contributed by atoms with Gasteiger partial charge in [-0.3, -0.25) is 5.41 Å². The Labute approximate surface area is 160 Å². The zero-order valence-electron chi connectivity index (χ0n) is 14.7. The lowest BCUT2D eigenvalue weighted by atomic mass is 9.93. The molecule has 2 N–H and O–H groups in total. The second-order valence-electron chi connectivity index (χ2n) is 6.69. The Morgan fingerprint density at radius 3 is 2.74 bits per heavy atom. The molecule has 27 heavy (non-hydrogen) atoms. The van der Waals surface area contributed by atoms with Crippen molar-refractivity contribution < 1.29 is 8.28 Å². The first-order valence-electron chi connectivity index (χ1n) is 8.65. The molecule has 3 aromatic rings. The van der Waals surface area contributed by atoms with Gasteiger partial charge in [0, 0.05) is 46.9 Å². The largest absolute Gasteiger partial charge is 0.306 e. The van der Waals surface area contributed by atoms with Crippen LogP contribution in [0.5, 0.6) is 0 Å². The van der Waals surface area contributed by atoms with Gasteiger partial charge in [-0.05, 0) is 55.7 Å². The van der Waals surface area contributed by atoms with Crippen molar-refractivity contribution in [1.82, 2.24) is 14.1 Å². The Kier molecular flexibility index (Phi) is 4.70.